The van der Waals surface area contributed by atoms with E-state index in [1.165, 1.54) is 18.3 Å². The number of hydrogen-bond donors (Lipinski definition) is 3. The van der Waals surface area contributed by atoms with Crippen molar-refractivity contribution in [2.45, 2.75) is 23.8 Å². The van der Waals surface area contributed by atoms with Crippen LogP contribution >= 0.6 is 22.2 Å². The molecule has 1 aromatic heterocycles. The number of hydrogen-bond acceptors (Lipinski definition) is 5. The molecule has 1 aliphatic rings. The normalized spacial score (nSPS) is 22.1. The maximum atomic E-state index is 12.1. The van der Waals surface area contributed by atoms with Gasteiger partial charge in [0.15, 0.2) is 0 Å². The van der Waals surface area contributed by atoms with Crippen molar-refractivity contribution in [3.05, 3.63) is 23.5 Å². The number of nitrogens with one attached hydrogen (secondary N) is 1. The summed E-state index contributed by atoms with van der Waals surface area (Å²) in [7, 11) is -6.15. The van der Waals surface area contributed by atoms with Gasteiger partial charge in [-0.3, -0.25) is 9.11 Å². The zero-order chi connectivity index (χ0) is 14.1. The van der Waals surface area contributed by atoms with E-state index < -0.39 is 20.6 Å². The van der Waals surface area contributed by atoms with Gasteiger partial charge >= 0.3 is 0 Å². The van der Waals surface area contributed by atoms with Crippen molar-refractivity contribution in [1.29, 1.82) is 0 Å². The maximum Gasteiger partial charge on any atom is 0.242 e. The Morgan fingerprint density at radius 1 is 1.32 bits per heavy atom. The number of pyridine rings is 1. The monoisotopic (exact) mass is 326 g/mol. The molecule has 0 spiro atoms. The molecule has 6 nitrogen and oxygen atoms in total. The van der Waals surface area contributed by atoms with Crippen LogP contribution in [0, 0.1) is 0 Å². The highest BCUT2D eigenvalue weighted by atomic mass is 35.5. The van der Waals surface area contributed by atoms with Gasteiger partial charge in [0, 0.05) is 23.7 Å². The summed E-state index contributed by atoms with van der Waals surface area (Å²) in [5.41, 5.74) is 0. The van der Waals surface area contributed by atoms with Crippen LogP contribution in [0.25, 0.3) is 0 Å². The van der Waals surface area contributed by atoms with Crippen molar-refractivity contribution < 1.29 is 17.5 Å². The second-order valence-electron chi connectivity index (χ2n) is 4.42. The summed E-state index contributed by atoms with van der Waals surface area (Å²) in [5, 5.41) is 0.227. The lowest BCUT2D eigenvalue weighted by atomic mass is 10.2. The zero-order valence-corrected chi connectivity index (χ0v) is 12.4. The molecule has 9 heteroatoms. The zero-order valence-electron chi connectivity index (χ0n) is 9.99. The minimum atomic E-state index is -3.64. The highest BCUT2D eigenvalue weighted by Gasteiger charge is 2.27. The quantitative estimate of drug-likeness (QED) is 0.737. The standard InChI is InChI=1S/C10H15ClN2O4S2/c11-10-2-1-9(7-12-10)19(16,17)13-8-3-5-18(14,15)6-4-8/h1-2,7-8,13-15H,3-6H2. The number of nitrogens with zero attached hydrogens (tertiary/aromatic N) is 1. The Hall–Kier alpha value is -0.380. The molecule has 0 atom stereocenters. The number of rotatable bonds is 3. The largest absolute Gasteiger partial charge is 0.299 e. The van der Waals surface area contributed by atoms with Gasteiger partial charge in [0.1, 0.15) is 10.0 Å². The maximum absolute atomic E-state index is 12.1. The minimum absolute atomic E-state index is 0.0501. The Morgan fingerprint density at radius 3 is 2.47 bits per heavy atom. The predicted molar refractivity (Wildman–Crippen MR) is 75.2 cm³/mol. The lowest BCUT2D eigenvalue weighted by Crippen LogP contribution is -2.39. The molecule has 1 aliphatic heterocycles. The van der Waals surface area contributed by atoms with Gasteiger partial charge in [-0.25, -0.2) is 18.1 Å². The third kappa shape index (κ3) is 4.04. The number of aromatic nitrogens is 1. The Labute approximate surface area is 118 Å². The van der Waals surface area contributed by atoms with Crippen LogP contribution in [0.3, 0.4) is 0 Å². The van der Waals surface area contributed by atoms with E-state index in [4.69, 9.17) is 11.6 Å². The van der Waals surface area contributed by atoms with Crippen LogP contribution in [-0.2, 0) is 10.0 Å². The van der Waals surface area contributed by atoms with Crippen LogP contribution in [0.2, 0.25) is 5.15 Å². The van der Waals surface area contributed by atoms with Gasteiger partial charge in [-0.05, 0) is 25.0 Å². The molecule has 19 heavy (non-hydrogen) atoms. The molecular weight excluding hydrogens is 312 g/mol. The Balaban J connectivity index is 2.04. The van der Waals surface area contributed by atoms with E-state index in [1.807, 2.05) is 0 Å². The van der Waals surface area contributed by atoms with Gasteiger partial charge in [-0.2, -0.15) is 10.6 Å². The van der Waals surface area contributed by atoms with Gasteiger partial charge in [-0.1, -0.05) is 11.6 Å². The molecule has 2 heterocycles. The van der Waals surface area contributed by atoms with Gasteiger partial charge in [0.2, 0.25) is 10.0 Å². The van der Waals surface area contributed by atoms with Crippen LogP contribution in [0.4, 0.5) is 0 Å². The third-order valence-corrected chi connectivity index (χ3v) is 6.43. The summed E-state index contributed by atoms with van der Waals surface area (Å²) in [5.74, 6) is 0.470. The summed E-state index contributed by atoms with van der Waals surface area (Å²) in [6, 6.07) is 2.52. The molecule has 2 rings (SSSR count). The molecule has 0 radical (unpaired) electrons. The van der Waals surface area contributed by atoms with E-state index in [-0.39, 0.29) is 27.6 Å². The van der Waals surface area contributed by atoms with E-state index >= 15 is 0 Å². The van der Waals surface area contributed by atoms with Crippen LogP contribution in [0.5, 0.6) is 0 Å². The molecule has 1 saturated heterocycles. The lowest BCUT2D eigenvalue weighted by molar-refractivity contribution is 0.444. The summed E-state index contributed by atoms with van der Waals surface area (Å²) in [6.45, 7) is 0. The number of halogens is 1. The molecular formula is C10H15ClN2O4S2. The second-order valence-corrected chi connectivity index (χ2v) is 8.94. The molecule has 108 valence electrons. The highest BCUT2D eigenvalue weighted by Crippen LogP contribution is 2.44. The van der Waals surface area contributed by atoms with Gasteiger partial charge in [0.05, 0.1) is 0 Å². The molecule has 0 aliphatic carbocycles. The fourth-order valence-corrected chi connectivity index (χ4v) is 4.72. The average molecular weight is 327 g/mol. The van der Waals surface area contributed by atoms with Crippen molar-refractivity contribution in [2.24, 2.45) is 0 Å². The van der Waals surface area contributed by atoms with Crippen LogP contribution < -0.4 is 4.72 Å². The smallest absolute Gasteiger partial charge is 0.242 e. The van der Waals surface area contributed by atoms with Gasteiger partial charge in [-0.15, -0.1) is 0 Å². The third-order valence-electron chi connectivity index (χ3n) is 2.92. The van der Waals surface area contributed by atoms with Crippen molar-refractivity contribution in [3.63, 3.8) is 0 Å². The average Bonchev–Trinajstić information content (AvgIpc) is 2.32. The molecule has 1 aromatic rings. The SMILES string of the molecule is O=S(=O)(NC1CCS(O)(O)CC1)c1ccc(Cl)nc1. The molecule has 3 N–H and O–H groups in total. The van der Waals surface area contributed by atoms with Crippen LogP contribution in [0.1, 0.15) is 12.8 Å². The summed E-state index contributed by atoms with van der Waals surface area (Å²) in [4.78, 5) is 3.78. The van der Waals surface area contributed by atoms with E-state index in [2.05, 4.69) is 9.71 Å². The first-order valence-corrected chi connectivity index (χ1v) is 9.41. The molecule has 0 saturated carbocycles. The minimum Gasteiger partial charge on any atom is -0.299 e. The van der Waals surface area contributed by atoms with E-state index in [0.717, 1.165) is 0 Å². The molecule has 0 unspecified atom stereocenters. The Bertz CT molecular complexity index is 537. The van der Waals surface area contributed by atoms with E-state index in [9.17, 15) is 17.5 Å². The molecule has 0 aromatic carbocycles. The first-order chi connectivity index (χ1) is 8.78. The summed E-state index contributed by atoms with van der Waals surface area (Å²) < 4.78 is 45.6. The Kier molecular flexibility index (Phi) is 4.38. The van der Waals surface area contributed by atoms with E-state index in [0.29, 0.717) is 12.8 Å². The van der Waals surface area contributed by atoms with Gasteiger partial charge in [0.25, 0.3) is 0 Å². The van der Waals surface area contributed by atoms with Crippen molar-refractivity contribution in [1.82, 2.24) is 9.71 Å². The Morgan fingerprint density at radius 2 is 1.95 bits per heavy atom. The summed E-state index contributed by atoms with van der Waals surface area (Å²) >= 11 is 5.61. The number of sulfonamides is 1. The van der Waals surface area contributed by atoms with Crippen molar-refractivity contribution in [3.8, 4) is 0 Å². The topological polar surface area (TPSA) is 99.5 Å². The van der Waals surface area contributed by atoms with Crippen LogP contribution in [0.15, 0.2) is 23.2 Å². The summed E-state index contributed by atoms with van der Waals surface area (Å²) in [6.07, 6.45) is 2.03. The lowest BCUT2D eigenvalue weighted by Gasteiger charge is -2.39. The van der Waals surface area contributed by atoms with Crippen molar-refractivity contribution >= 4 is 32.2 Å². The van der Waals surface area contributed by atoms with Crippen LogP contribution in [-0.4, -0.2) is 40.1 Å². The van der Waals surface area contributed by atoms with E-state index in [1.54, 1.807) is 0 Å². The fraction of sp³-hybridized carbons (Fsp3) is 0.500. The van der Waals surface area contributed by atoms with Crippen molar-refractivity contribution in [2.75, 3.05) is 11.5 Å². The molecule has 0 amide bonds. The fourth-order valence-electron chi connectivity index (χ4n) is 1.83. The molecule has 1 fully saturated rings. The highest BCUT2D eigenvalue weighted by molar-refractivity contribution is 8.24. The first-order valence-electron chi connectivity index (χ1n) is 5.66. The first kappa shape index (κ1) is 15.0. The molecule has 0 bridgehead atoms. The predicted octanol–water partition coefficient (Wildman–Crippen LogP) is 1.93. The second kappa shape index (κ2) is 5.55. The van der Waals surface area contributed by atoms with Gasteiger partial charge < -0.3 is 0 Å².